The average molecular weight is 334 g/mol. The Morgan fingerprint density at radius 3 is 3.00 bits per heavy atom. The topological polar surface area (TPSA) is 23.8 Å². The summed E-state index contributed by atoms with van der Waals surface area (Å²) in [6, 6.07) is 6.26. The lowest BCUT2D eigenvalue weighted by molar-refractivity contribution is 1.37. The predicted octanol–water partition coefficient (Wildman–Crippen LogP) is 4.12. The highest BCUT2D eigenvalue weighted by Crippen LogP contribution is 2.31. The van der Waals surface area contributed by atoms with Gasteiger partial charge in [-0.1, -0.05) is 0 Å². The predicted molar refractivity (Wildman–Crippen MR) is 68.8 cm³/mol. The molecular weight excluding hydrogens is 329 g/mol. The first-order valence-corrected chi connectivity index (χ1v) is 6.42. The minimum absolute atomic E-state index is 0.396. The zero-order valence-corrected chi connectivity index (χ0v) is 10.8. The largest absolute Gasteiger partial charge is 0.192 e. The number of halogens is 2. The maximum absolute atomic E-state index is 9.05. The van der Waals surface area contributed by atoms with Crippen molar-refractivity contribution in [3.63, 3.8) is 0 Å². The molecule has 0 fully saturated rings. The summed E-state index contributed by atoms with van der Waals surface area (Å²) in [6.45, 7) is 0. The van der Waals surface area contributed by atoms with E-state index in [4.69, 9.17) is 16.9 Å². The van der Waals surface area contributed by atoms with Crippen LogP contribution < -0.4 is 0 Å². The first-order chi connectivity index (χ1) is 6.77. The summed E-state index contributed by atoms with van der Waals surface area (Å²) >= 11 is 9.67. The van der Waals surface area contributed by atoms with Gasteiger partial charge in [0.15, 0.2) is 0 Å². The van der Waals surface area contributed by atoms with Crippen molar-refractivity contribution in [2.24, 2.45) is 0 Å². The molecule has 4 heteroatoms. The standard InChI is InChI=1S/C10H5ClINS/c11-4-6-3-9(12)7-1-2-14-10(7)8(6)5-13/h1-3H,4H2. The van der Waals surface area contributed by atoms with E-state index in [-0.39, 0.29) is 0 Å². The molecule has 70 valence electrons. The van der Waals surface area contributed by atoms with Gasteiger partial charge in [0.2, 0.25) is 0 Å². The Kier molecular flexibility index (Phi) is 2.96. The number of alkyl halides is 1. The van der Waals surface area contributed by atoms with Gasteiger partial charge in [0.25, 0.3) is 0 Å². The number of nitrogens with zero attached hydrogens (tertiary/aromatic N) is 1. The molecule has 2 aromatic rings. The Morgan fingerprint density at radius 1 is 1.57 bits per heavy atom. The van der Waals surface area contributed by atoms with E-state index in [9.17, 15) is 0 Å². The minimum atomic E-state index is 0.396. The van der Waals surface area contributed by atoms with Crippen LogP contribution in [0, 0.1) is 14.9 Å². The summed E-state index contributed by atoms with van der Waals surface area (Å²) in [7, 11) is 0. The van der Waals surface area contributed by atoms with Gasteiger partial charge >= 0.3 is 0 Å². The van der Waals surface area contributed by atoms with Crippen molar-refractivity contribution in [2.75, 3.05) is 0 Å². The molecule has 0 saturated carbocycles. The molecule has 1 heterocycles. The molecule has 0 unspecified atom stereocenters. The Balaban J connectivity index is 2.91. The van der Waals surface area contributed by atoms with E-state index < -0.39 is 0 Å². The minimum Gasteiger partial charge on any atom is -0.192 e. The van der Waals surface area contributed by atoms with Crippen LogP contribution >= 0.6 is 45.5 Å². The summed E-state index contributed by atoms with van der Waals surface area (Å²) < 4.78 is 2.21. The lowest BCUT2D eigenvalue weighted by atomic mass is 10.1. The van der Waals surface area contributed by atoms with Crippen LogP contribution in [-0.2, 0) is 5.88 Å². The van der Waals surface area contributed by atoms with Gasteiger partial charge in [-0.2, -0.15) is 5.26 Å². The van der Waals surface area contributed by atoms with Crippen molar-refractivity contribution in [1.29, 1.82) is 5.26 Å². The zero-order chi connectivity index (χ0) is 10.1. The van der Waals surface area contributed by atoms with Crippen LogP contribution in [0.1, 0.15) is 11.1 Å². The van der Waals surface area contributed by atoms with Crippen LogP contribution in [0.15, 0.2) is 17.5 Å². The van der Waals surface area contributed by atoms with Crippen molar-refractivity contribution in [3.05, 3.63) is 32.2 Å². The zero-order valence-electron chi connectivity index (χ0n) is 7.05. The third-order valence-electron chi connectivity index (χ3n) is 2.03. The number of hydrogen-bond acceptors (Lipinski definition) is 2. The summed E-state index contributed by atoms with van der Waals surface area (Å²) in [4.78, 5) is 0. The van der Waals surface area contributed by atoms with Crippen LogP contribution in [0.4, 0.5) is 0 Å². The van der Waals surface area contributed by atoms with Gasteiger partial charge in [0, 0.05) is 14.8 Å². The Labute approximate surface area is 104 Å². The van der Waals surface area contributed by atoms with Crippen molar-refractivity contribution >= 4 is 55.6 Å². The Bertz CT molecular complexity index is 527. The van der Waals surface area contributed by atoms with E-state index in [2.05, 4.69) is 28.7 Å². The highest BCUT2D eigenvalue weighted by Gasteiger charge is 2.10. The first kappa shape index (κ1) is 10.2. The number of benzene rings is 1. The summed E-state index contributed by atoms with van der Waals surface area (Å²) in [6.07, 6.45) is 0. The van der Waals surface area contributed by atoms with E-state index in [1.165, 1.54) is 0 Å². The van der Waals surface area contributed by atoms with Gasteiger partial charge in [-0.3, -0.25) is 0 Å². The highest BCUT2D eigenvalue weighted by molar-refractivity contribution is 14.1. The second kappa shape index (κ2) is 4.05. The molecule has 0 radical (unpaired) electrons. The smallest absolute Gasteiger partial charge is 0.101 e. The first-order valence-electron chi connectivity index (χ1n) is 3.92. The molecule has 0 N–H and O–H groups in total. The average Bonchev–Trinajstić information content (AvgIpc) is 2.66. The maximum Gasteiger partial charge on any atom is 0.101 e. The SMILES string of the molecule is N#Cc1c(CCl)cc(I)c2ccsc12. The molecule has 1 aromatic carbocycles. The van der Waals surface area contributed by atoms with Crippen LogP contribution in [0.2, 0.25) is 0 Å². The molecule has 0 saturated heterocycles. The quantitative estimate of drug-likeness (QED) is 0.569. The molecule has 2 rings (SSSR count). The maximum atomic E-state index is 9.05. The van der Waals surface area contributed by atoms with Gasteiger partial charge in [0.1, 0.15) is 6.07 Å². The Morgan fingerprint density at radius 2 is 2.36 bits per heavy atom. The number of thiophene rings is 1. The van der Waals surface area contributed by atoms with E-state index in [1.807, 2.05) is 17.5 Å². The van der Waals surface area contributed by atoms with E-state index >= 15 is 0 Å². The van der Waals surface area contributed by atoms with Gasteiger partial charge in [-0.05, 0) is 45.7 Å². The molecular formula is C10H5ClINS. The van der Waals surface area contributed by atoms with Gasteiger partial charge < -0.3 is 0 Å². The van der Waals surface area contributed by atoms with Gasteiger partial charge in [0.05, 0.1) is 10.3 Å². The molecule has 0 spiro atoms. The second-order valence-electron chi connectivity index (χ2n) is 2.80. The lowest BCUT2D eigenvalue weighted by Crippen LogP contribution is -1.88. The lowest BCUT2D eigenvalue weighted by Gasteiger charge is -2.02. The molecule has 0 aliphatic heterocycles. The molecule has 1 aromatic heterocycles. The summed E-state index contributed by atoms with van der Waals surface area (Å²) in [5.41, 5.74) is 1.65. The molecule has 0 aliphatic rings. The van der Waals surface area contributed by atoms with Crippen LogP contribution in [-0.4, -0.2) is 0 Å². The molecule has 0 amide bonds. The fourth-order valence-electron chi connectivity index (χ4n) is 1.37. The van der Waals surface area contributed by atoms with Crippen LogP contribution in [0.25, 0.3) is 10.1 Å². The van der Waals surface area contributed by atoms with E-state index in [1.54, 1.807) is 11.3 Å². The molecule has 14 heavy (non-hydrogen) atoms. The molecule has 1 nitrogen and oxygen atoms in total. The fraction of sp³-hybridized carbons (Fsp3) is 0.100. The number of hydrogen-bond donors (Lipinski definition) is 0. The third-order valence-corrected chi connectivity index (χ3v) is 4.14. The van der Waals surface area contributed by atoms with E-state index in [0.29, 0.717) is 5.88 Å². The second-order valence-corrected chi connectivity index (χ2v) is 5.15. The van der Waals surface area contributed by atoms with Crippen molar-refractivity contribution in [1.82, 2.24) is 0 Å². The monoisotopic (exact) mass is 333 g/mol. The highest BCUT2D eigenvalue weighted by atomic mass is 127. The number of fused-ring (bicyclic) bond motifs is 1. The van der Waals surface area contributed by atoms with Gasteiger partial charge in [-0.25, -0.2) is 0 Å². The van der Waals surface area contributed by atoms with Gasteiger partial charge in [-0.15, -0.1) is 22.9 Å². The normalized spacial score (nSPS) is 10.4. The summed E-state index contributed by atoms with van der Waals surface area (Å²) in [5.74, 6) is 0.396. The van der Waals surface area contributed by atoms with E-state index in [0.717, 1.165) is 24.8 Å². The molecule has 0 bridgehead atoms. The van der Waals surface area contributed by atoms with Crippen LogP contribution in [0.5, 0.6) is 0 Å². The number of nitriles is 1. The third kappa shape index (κ3) is 1.52. The molecule has 0 aliphatic carbocycles. The Hall–Kier alpha value is -0.310. The summed E-state index contributed by atoms with van der Waals surface area (Å²) in [5, 5.41) is 12.2. The van der Waals surface area contributed by atoms with Crippen LogP contribution in [0.3, 0.4) is 0 Å². The van der Waals surface area contributed by atoms with Crippen molar-refractivity contribution < 1.29 is 0 Å². The van der Waals surface area contributed by atoms with Crippen molar-refractivity contribution in [2.45, 2.75) is 5.88 Å². The van der Waals surface area contributed by atoms with Crippen molar-refractivity contribution in [3.8, 4) is 6.07 Å². The number of rotatable bonds is 1. The molecule has 0 atom stereocenters. The fourth-order valence-corrected chi connectivity index (χ4v) is 3.53.